The molecular weight excluding hydrogens is 297 g/mol. The molecule has 8 heteroatoms. The van der Waals surface area contributed by atoms with Crippen LogP contribution < -0.4 is 5.73 Å². The maximum atomic E-state index is 11.5. The van der Waals surface area contributed by atoms with Crippen molar-refractivity contribution in [2.45, 2.75) is 58.2 Å². The predicted molar refractivity (Wildman–Crippen MR) is 81.0 cm³/mol. The summed E-state index contributed by atoms with van der Waals surface area (Å²) in [5.74, 6) is 0. The standard InChI is InChI=1S/C13H30NO6P/c1-3-4-5-6-7-12(2)18-11-13(10-15)20-21(16,17)19-9-8-14/h12-13,15H,3-11,14H2,1-2H3,(H,16,17)/t12?,13-/m0/s1. The minimum absolute atomic E-state index is 0.0162. The average molecular weight is 327 g/mol. The lowest BCUT2D eigenvalue weighted by Crippen LogP contribution is -2.26. The molecule has 0 heterocycles. The molecule has 0 bridgehead atoms. The van der Waals surface area contributed by atoms with Crippen molar-refractivity contribution in [3.05, 3.63) is 0 Å². The van der Waals surface area contributed by atoms with E-state index < -0.39 is 20.5 Å². The monoisotopic (exact) mass is 327 g/mol. The van der Waals surface area contributed by atoms with E-state index in [1.165, 1.54) is 19.3 Å². The normalized spacial score (nSPS) is 17.4. The third-order valence-electron chi connectivity index (χ3n) is 2.89. The molecule has 0 radical (unpaired) electrons. The average Bonchev–Trinajstić information content (AvgIpc) is 2.45. The van der Waals surface area contributed by atoms with Crippen LogP contribution in [0, 0.1) is 0 Å². The highest BCUT2D eigenvalue weighted by Crippen LogP contribution is 2.44. The summed E-state index contributed by atoms with van der Waals surface area (Å²) >= 11 is 0. The van der Waals surface area contributed by atoms with E-state index in [1.54, 1.807) is 0 Å². The Bertz CT molecular complexity index is 292. The third-order valence-corrected chi connectivity index (χ3v) is 3.96. The van der Waals surface area contributed by atoms with Gasteiger partial charge in [-0.05, 0) is 13.3 Å². The van der Waals surface area contributed by atoms with Gasteiger partial charge in [0, 0.05) is 6.54 Å². The fourth-order valence-corrected chi connectivity index (χ4v) is 2.62. The Labute approximate surface area is 127 Å². The van der Waals surface area contributed by atoms with Crippen LogP contribution in [0.25, 0.3) is 0 Å². The summed E-state index contributed by atoms with van der Waals surface area (Å²) in [7, 11) is -4.19. The van der Waals surface area contributed by atoms with Crippen molar-refractivity contribution in [3.63, 3.8) is 0 Å². The molecule has 0 aliphatic carbocycles. The third kappa shape index (κ3) is 12.2. The Morgan fingerprint density at radius 1 is 1.29 bits per heavy atom. The number of hydrogen-bond acceptors (Lipinski definition) is 6. The van der Waals surface area contributed by atoms with Gasteiger partial charge < -0.3 is 20.5 Å². The van der Waals surface area contributed by atoms with Crippen molar-refractivity contribution in [2.75, 3.05) is 26.4 Å². The molecule has 4 N–H and O–H groups in total. The van der Waals surface area contributed by atoms with E-state index in [1.807, 2.05) is 6.92 Å². The Balaban J connectivity index is 3.95. The van der Waals surface area contributed by atoms with Crippen LogP contribution in [0.15, 0.2) is 0 Å². The van der Waals surface area contributed by atoms with E-state index in [-0.39, 0.29) is 25.9 Å². The SMILES string of the molecule is CCCCCCC(C)OC[C@H](CO)OP(=O)(O)OCCN. The zero-order chi connectivity index (χ0) is 16.1. The van der Waals surface area contributed by atoms with Gasteiger partial charge in [0.25, 0.3) is 0 Å². The first-order chi connectivity index (χ1) is 9.95. The summed E-state index contributed by atoms with van der Waals surface area (Å²) in [6, 6.07) is 0. The van der Waals surface area contributed by atoms with Crippen LogP contribution in [-0.2, 0) is 18.3 Å². The zero-order valence-electron chi connectivity index (χ0n) is 13.1. The van der Waals surface area contributed by atoms with Crippen molar-refractivity contribution in [1.29, 1.82) is 0 Å². The van der Waals surface area contributed by atoms with Crippen molar-refractivity contribution in [3.8, 4) is 0 Å². The molecular formula is C13H30NO6P. The number of aliphatic hydroxyl groups is 1. The van der Waals surface area contributed by atoms with Gasteiger partial charge in [-0.3, -0.25) is 9.05 Å². The van der Waals surface area contributed by atoms with E-state index in [2.05, 4.69) is 11.4 Å². The molecule has 0 rings (SSSR count). The van der Waals surface area contributed by atoms with Crippen LogP contribution in [0.3, 0.4) is 0 Å². The molecule has 0 aromatic rings. The fraction of sp³-hybridized carbons (Fsp3) is 1.00. The predicted octanol–water partition coefficient (Wildman–Crippen LogP) is 1.82. The van der Waals surface area contributed by atoms with E-state index in [9.17, 15) is 9.46 Å². The van der Waals surface area contributed by atoms with Gasteiger partial charge in [0.1, 0.15) is 6.10 Å². The van der Waals surface area contributed by atoms with Gasteiger partial charge in [-0.1, -0.05) is 32.6 Å². The molecule has 0 amide bonds. The molecule has 7 nitrogen and oxygen atoms in total. The van der Waals surface area contributed by atoms with Crippen LogP contribution >= 0.6 is 7.82 Å². The van der Waals surface area contributed by atoms with Crippen molar-refractivity contribution in [1.82, 2.24) is 0 Å². The van der Waals surface area contributed by atoms with Gasteiger partial charge in [-0.25, -0.2) is 4.57 Å². The Morgan fingerprint density at radius 2 is 2.00 bits per heavy atom. The number of unbranched alkanes of at least 4 members (excludes halogenated alkanes) is 3. The second kappa shape index (κ2) is 12.5. The zero-order valence-corrected chi connectivity index (χ0v) is 14.0. The first-order valence-corrected chi connectivity index (χ1v) is 9.03. The highest BCUT2D eigenvalue weighted by molar-refractivity contribution is 7.47. The van der Waals surface area contributed by atoms with Crippen molar-refractivity contribution >= 4 is 7.82 Å². The second-order valence-electron chi connectivity index (χ2n) is 4.99. The molecule has 0 saturated carbocycles. The Morgan fingerprint density at radius 3 is 2.57 bits per heavy atom. The highest BCUT2D eigenvalue weighted by atomic mass is 31.2. The van der Waals surface area contributed by atoms with Crippen LogP contribution in [0.5, 0.6) is 0 Å². The molecule has 0 fully saturated rings. The molecule has 0 aromatic carbocycles. The van der Waals surface area contributed by atoms with Gasteiger partial charge in [-0.15, -0.1) is 0 Å². The summed E-state index contributed by atoms with van der Waals surface area (Å²) in [6.45, 7) is 3.75. The lowest BCUT2D eigenvalue weighted by atomic mass is 10.1. The minimum atomic E-state index is -4.19. The molecule has 0 aliphatic heterocycles. The van der Waals surface area contributed by atoms with Gasteiger partial charge in [0.2, 0.25) is 0 Å². The largest absolute Gasteiger partial charge is 0.472 e. The molecule has 3 atom stereocenters. The van der Waals surface area contributed by atoms with Crippen LogP contribution in [-0.4, -0.2) is 48.6 Å². The van der Waals surface area contributed by atoms with Crippen molar-refractivity contribution < 1.29 is 28.3 Å². The van der Waals surface area contributed by atoms with Gasteiger partial charge in [0.05, 0.1) is 25.9 Å². The van der Waals surface area contributed by atoms with Gasteiger partial charge in [0.15, 0.2) is 0 Å². The summed E-state index contributed by atoms with van der Waals surface area (Å²) in [5.41, 5.74) is 5.18. The van der Waals surface area contributed by atoms with Gasteiger partial charge in [-0.2, -0.15) is 0 Å². The smallest absolute Gasteiger partial charge is 0.394 e. The Kier molecular flexibility index (Phi) is 12.5. The molecule has 0 spiro atoms. The number of hydrogen-bond donors (Lipinski definition) is 3. The maximum absolute atomic E-state index is 11.5. The quantitative estimate of drug-likeness (QED) is 0.329. The van der Waals surface area contributed by atoms with Crippen LogP contribution in [0.4, 0.5) is 0 Å². The van der Waals surface area contributed by atoms with Crippen LogP contribution in [0.2, 0.25) is 0 Å². The topological polar surface area (TPSA) is 111 Å². The molecule has 0 aromatic heterocycles. The first kappa shape index (κ1) is 21.0. The summed E-state index contributed by atoms with van der Waals surface area (Å²) in [5, 5.41) is 9.16. The van der Waals surface area contributed by atoms with Gasteiger partial charge >= 0.3 is 7.82 Å². The minimum Gasteiger partial charge on any atom is -0.394 e. The van der Waals surface area contributed by atoms with Crippen molar-refractivity contribution in [2.24, 2.45) is 5.73 Å². The first-order valence-electron chi connectivity index (χ1n) is 7.53. The van der Waals surface area contributed by atoms with E-state index in [0.717, 1.165) is 12.8 Å². The fourth-order valence-electron chi connectivity index (χ4n) is 1.72. The molecule has 128 valence electrons. The molecule has 0 saturated heterocycles. The number of ether oxygens (including phenoxy) is 1. The second-order valence-corrected chi connectivity index (χ2v) is 6.40. The number of rotatable bonds is 14. The van der Waals surface area contributed by atoms with E-state index >= 15 is 0 Å². The molecule has 21 heavy (non-hydrogen) atoms. The lowest BCUT2D eigenvalue weighted by molar-refractivity contribution is -0.0279. The summed E-state index contributed by atoms with van der Waals surface area (Å²) in [4.78, 5) is 9.40. The summed E-state index contributed by atoms with van der Waals surface area (Å²) in [6.07, 6.45) is 4.68. The molecule has 2 unspecified atom stereocenters. The Hall–Kier alpha value is -0.0100. The highest BCUT2D eigenvalue weighted by Gasteiger charge is 2.26. The van der Waals surface area contributed by atoms with Crippen LogP contribution in [0.1, 0.15) is 46.0 Å². The number of phosphoric acid groups is 1. The number of nitrogens with two attached hydrogens (primary N) is 1. The van der Waals surface area contributed by atoms with E-state index in [0.29, 0.717) is 0 Å². The summed E-state index contributed by atoms with van der Waals surface area (Å²) < 4.78 is 26.5. The lowest BCUT2D eigenvalue weighted by Gasteiger charge is -2.21. The van der Waals surface area contributed by atoms with E-state index in [4.69, 9.17) is 20.1 Å². The molecule has 0 aliphatic rings. The maximum Gasteiger partial charge on any atom is 0.472 e. The number of aliphatic hydroxyl groups excluding tert-OH is 1. The number of phosphoric ester groups is 1.